The maximum Gasteiger partial charge on any atom is 0.178 e. The number of hydrogen-bond donors (Lipinski definition) is 0. The SMILES string of the molecule is CCCCCCCCCCCC[n+]1cc2ccccc2cc1C.[I-]. The summed E-state index contributed by atoms with van der Waals surface area (Å²) in [6, 6.07) is 11.0. The molecule has 0 amide bonds. The van der Waals surface area contributed by atoms with Gasteiger partial charge in [0, 0.05) is 24.8 Å². The van der Waals surface area contributed by atoms with Gasteiger partial charge in [0.2, 0.25) is 0 Å². The molecule has 0 radical (unpaired) electrons. The number of hydrogen-bond acceptors (Lipinski definition) is 0. The first-order valence-corrected chi connectivity index (χ1v) is 9.70. The lowest BCUT2D eigenvalue weighted by Gasteiger charge is -2.04. The first kappa shape index (κ1) is 21.4. The fourth-order valence-corrected chi connectivity index (χ4v) is 3.35. The van der Waals surface area contributed by atoms with Crippen LogP contribution in [-0.4, -0.2) is 0 Å². The largest absolute Gasteiger partial charge is 1.00 e. The summed E-state index contributed by atoms with van der Waals surface area (Å²) in [5.74, 6) is 0. The smallest absolute Gasteiger partial charge is 0.178 e. The van der Waals surface area contributed by atoms with E-state index in [4.69, 9.17) is 0 Å². The molecule has 1 aromatic heterocycles. The first-order chi connectivity index (χ1) is 11.3. The van der Waals surface area contributed by atoms with Gasteiger partial charge in [0.15, 0.2) is 11.9 Å². The minimum atomic E-state index is 0. The molecule has 0 saturated carbocycles. The standard InChI is InChI=1S/C22H34N.HI/c1-3-4-5-6-7-8-9-10-11-14-17-23-19-22-16-13-12-15-21(22)18-20(23)2;/h12-13,15-16,18-19H,3-11,14,17H2,1-2H3;1H/q+1;/p-1. The lowest BCUT2D eigenvalue weighted by Crippen LogP contribution is -3.00. The van der Waals surface area contributed by atoms with E-state index < -0.39 is 0 Å². The third-order valence-corrected chi connectivity index (χ3v) is 4.86. The Labute approximate surface area is 165 Å². The van der Waals surface area contributed by atoms with Crippen LogP contribution in [0.25, 0.3) is 10.8 Å². The monoisotopic (exact) mass is 439 g/mol. The third kappa shape index (κ3) is 7.50. The van der Waals surface area contributed by atoms with Crippen LogP contribution in [0.3, 0.4) is 0 Å². The summed E-state index contributed by atoms with van der Waals surface area (Å²) in [7, 11) is 0. The van der Waals surface area contributed by atoms with Gasteiger partial charge < -0.3 is 24.0 Å². The van der Waals surface area contributed by atoms with Crippen LogP contribution in [0.1, 0.15) is 76.8 Å². The molecule has 2 rings (SSSR count). The van der Waals surface area contributed by atoms with Crippen molar-refractivity contribution < 1.29 is 28.5 Å². The zero-order valence-electron chi connectivity index (χ0n) is 15.6. The molecule has 2 aromatic rings. The summed E-state index contributed by atoms with van der Waals surface area (Å²) >= 11 is 0. The number of fused-ring (bicyclic) bond motifs is 1. The highest BCUT2D eigenvalue weighted by atomic mass is 127. The lowest BCUT2D eigenvalue weighted by molar-refractivity contribution is -0.701. The summed E-state index contributed by atoms with van der Waals surface area (Å²) in [4.78, 5) is 0. The van der Waals surface area contributed by atoms with Crippen LogP contribution in [0.15, 0.2) is 36.5 Å². The maximum atomic E-state index is 2.42. The Bertz CT molecular complexity index is 579. The van der Waals surface area contributed by atoms with Crippen LogP contribution in [-0.2, 0) is 6.54 Å². The molecule has 0 fully saturated rings. The highest BCUT2D eigenvalue weighted by molar-refractivity contribution is 5.80. The molecule has 2 heteroatoms. The predicted octanol–water partition coefficient (Wildman–Crippen LogP) is 3.36. The van der Waals surface area contributed by atoms with Crippen molar-refractivity contribution in [2.75, 3.05) is 0 Å². The number of aromatic nitrogens is 1. The van der Waals surface area contributed by atoms with Crippen molar-refractivity contribution in [1.82, 2.24) is 0 Å². The van der Waals surface area contributed by atoms with Crippen LogP contribution in [0.5, 0.6) is 0 Å². The number of nitrogens with zero attached hydrogens (tertiary/aromatic N) is 1. The van der Waals surface area contributed by atoms with E-state index in [9.17, 15) is 0 Å². The van der Waals surface area contributed by atoms with Gasteiger partial charge in [-0.25, -0.2) is 4.57 Å². The van der Waals surface area contributed by atoms with Gasteiger partial charge in [0.1, 0.15) is 6.54 Å². The van der Waals surface area contributed by atoms with E-state index in [-0.39, 0.29) is 24.0 Å². The number of halogens is 1. The van der Waals surface area contributed by atoms with Crippen molar-refractivity contribution in [1.29, 1.82) is 0 Å². The van der Waals surface area contributed by atoms with Gasteiger partial charge in [0.05, 0.1) is 0 Å². The summed E-state index contributed by atoms with van der Waals surface area (Å²) in [5.41, 5.74) is 1.37. The van der Waals surface area contributed by atoms with Crippen molar-refractivity contribution in [3.8, 4) is 0 Å². The van der Waals surface area contributed by atoms with Crippen molar-refractivity contribution in [2.24, 2.45) is 0 Å². The van der Waals surface area contributed by atoms with E-state index in [0.29, 0.717) is 0 Å². The summed E-state index contributed by atoms with van der Waals surface area (Å²) in [5, 5.41) is 2.70. The summed E-state index contributed by atoms with van der Waals surface area (Å²) in [6.07, 6.45) is 16.4. The Morgan fingerprint density at radius 3 is 1.92 bits per heavy atom. The molecule has 0 N–H and O–H groups in total. The average Bonchev–Trinajstić information content (AvgIpc) is 2.57. The second-order valence-electron chi connectivity index (χ2n) is 6.92. The molecule has 0 bridgehead atoms. The van der Waals surface area contributed by atoms with E-state index in [2.05, 4.69) is 54.9 Å². The molecule has 0 aliphatic rings. The van der Waals surface area contributed by atoms with Crippen molar-refractivity contribution in [3.63, 3.8) is 0 Å². The molecule has 0 unspecified atom stereocenters. The average molecular weight is 439 g/mol. The van der Waals surface area contributed by atoms with E-state index in [0.717, 1.165) is 6.54 Å². The molecule has 0 aliphatic carbocycles. The minimum Gasteiger partial charge on any atom is -1.00 e. The van der Waals surface area contributed by atoms with Gasteiger partial charge in [-0.1, -0.05) is 76.5 Å². The number of rotatable bonds is 11. The van der Waals surface area contributed by atoms with Crippen LogP contribution < -0.4 is 28.5 Å². The highest BCUT2D eigenvalue weighted by Crippen LogP contribution is 2.13. The second-order valence-corrected chi connectivity index (χ2v) is 6.92. The molecular weight excluding hydrogens is 405 g/mol. The molecule has 134 valence electrons. The third-order valence-electron chi connectivity index (χ3n) is 4.86. The molecular formula is C22H34IN. The lowest BCUT2D eigenvalue weighted by atomic mass is 10.1. The van der Waals surface area contributed by atoms with Crippen LogP contribution in [0, 0.1) is 6.92 Å². The summed E-state index contributed by atoms with van der Waals surface area (Å²) in [6.45, 7) is 5.67. The van der Waals surface area contributed by atoms with Crippen molar-refractivity contribution >= 4 is 10.8 Å². The van der Waals surface area contributed by atoms with Gasteiger partial charge >= 0.3 is 0 Å². The number of benzene rings is 1. The molecule has 1 aromatic carbocycles. The minimum absolute atomic E-state index is 0. The molecule has 1 heterocycles. The van der Waals surface area contributed by atoms with Crippen LogP contribution in [0.4, 0.5) is 0 Å². The Morgan fingerprint density at radius 2 is 1.29 bits per heavy atom. The number of aryl methyl sites for hydroxylation is 2. The predicted molar refractivity (Wildman–Crippen MR) is 101 cm³/mol. The fraction of sp³-hybridized carbons (Fsp3) is 0.591. The topological polar surface area (TPSA) is 3.88 Å². The Balaban J connectivity index is 0.00000288. The highest BCUT2D eigenvalue weighted by Gasteiger charge is 2.07. The fourth-order valence-electron chi connectivity index (χ4n) is 3.35. The van der Waals surface area contributed by atoms with Crippen LogP contribution in [0.2, 0.25) is 0 Å². The van der Waals surface area contributed by atoms with Crippen molar-refractivity contribution in [2.45, 2.75) is 84.6 Å². The van der Waals surface area contributed by atoms with Gasteiger partial charge in [-0.15, -0.1) is 0 Å². The van der Waals surface area contributed by atoms with Gasteiger partial charge in [0.25, 0.3) is 0 Å². The van der Waals surface area contributed by atoms with E-state index in [1.807, 2.05) is 0 Å². The first-order valence-electron chi connectivity index (χ1n) is 9.70. The Kier molecular flexibility index (Phi) is 11.3. The Hall–Kier alpha value is -0.640. The number of pyridine rings is 1. The summed E-state index contributed by atoms with van der Waals surface area (Å²) < 4.78 is 2.42. The molecule has 0 aliphatic heterocycles. The van der Waals surface area contributed by atoms with Gasteiger partial charge in [-0.2, -0.15) is 0 Å². The molecule has 24 heavy (non-hydrogen) atoms. The molecule has 0 saturated heterocycles. The Morgan fingerprint density at radius 1 is 0.750 bits per heavy atom. The normalized spacial score (nSPS) is 10.8. The molecule has 0 spiro atoms. The van der Waals surface area contributed by atoms with Crippen LogP contribution >= 0.6 is 0 Å². The zero-order valence-corrected chi connectivity index (χ0v) is 17.7. The van der Waals surface area contributed by atoms with E-state index in [1.165, 1.54) is 80.7 Å². The maximum absolute atomic E-state index is 2.42. The number of unbranched alkanes of at least 4 members (excludes halogenated alkanes) is 9. The van der Waals surface area contributed by atoms with Gasteiger partial charge in [-0.3, -0.25) is 0 Å². The van der Waals surface area contributed by atoms with E-state index in [1.54, 1.807) is 0 Å². The molecule has 1 nitrogen and oxygen atoms in total. The van der Waals surface area contributed by atoms with E-state index >= 15 is 0 Å². The van der Waals surface area contributed by atoms with Crippen molar-refractivity contribution in [3.05, 3.63) is 42.2 Å². The second kappa shape index (κ2) is 12.7. The van der Waals surface area contributed by atoms with Gasteiger partial charge in [-0.05, 0) is 17.9 Å². The zero-order chi connectivity index (χ0) is 16.3. The quantitative estimate of drug-likeness (QED) is 0.287. The molecule has 0 atom stereocenters.